The predicted octanol–water partition coefficient (Wildman–Crippen LogP) is 2.54. The highest BCUT2D eigenvalue weighted by molar-refractivity contribution is 5.93. The van der Waals surface area contributed by atoms with Crippen LogP contribution in [0.4, 0.5) is 18.9 Å². The smallest absolute Gasteiger partial charge is 0.306 e. The average molecular weight is 287 g/mol. The molecule has 0 bridgehead atoms. The van der Waals surface area contributed by atoms with Crippen molar-refractivity contribution in [1.82, 2.24) is 0 Å². The molecule has 2 unspecified atom stereocenters. The highest BCUT2D eigenvalue weighted by Crippen LogP contribution is 2.32. The Balaban J connectivity index is 2.06. The fraction of sp³-hybridized carbons (Fsp3) is 0.385. The fourth-order valence-electron chi connectivity index (χ4n) is 2.30. The number of benzene rings is 1. The summed E-state index contributed by atoms with van der Waals surface area (Å²) in [7, 11) is 0. The van der Waals surface area contributed by atoms with Gasteiger partial charge in [-0.15, -0.1) is 0 Å². The maximum atomic E-state index is 13.4. The third-order valence-corrected chi connectivity index (χ3v) is 3.45. The first kappa shape index (κ1) is 14.4. The predicted molar refractivity (Wildman–Crippen MR) is 63.4 cm³/mol. The Morgan fingerprint density at radius 2 is 1.75 bits per heavy atom. The van der Waals surface area contributed by atoms with Gasteiger partial charge in [0.25, 0.3) is 0 Å². The molecule has 4 nitrogen and oxygen atoms in total. The highest BCUT2D eigenvalue weighted by atomic mass is 19.2. The van der Waals surface area contributed by atoms with Crippen LogP contribution in [0.2, 0.25) is 0 Å². The van der Waals surface area contributed by atoms with Crippen LogP contribution in [0.1, 0.15) is 19.3 Å². The number of hydrogen-bond acceptors (Lipinski definition) is 2. The van der Waals surface area contributed by atoms with E-state index < -0.39 is 46.9 Å². The maximum Gasteiger partial charge on any atom is 0.306 e. The Labute approximate surface area is 112 Å². The first-order valence-corrected chi connectivity index (χ1v) is 6.07. The van der Waals surface area contributed by atoms with Gasteiger partial charge in [0.15, 0.2) is 17.5 Å². The Hall–Kier alpha value is -2.05. The van der Waals surface area contributed by atoms with Crippen molar-refractivity contribution in [3.05, 3.63) is 29.6 Å². The summed E-state index contributed by atoms with van der Waals surface area (Å²) in [5, 5.41) is 11.0. The van der Waals surface area contributed by atoms with Gasteiger partial charge in [-0.2, -0.15) is 0 Å². The number of carbonyl (C=O) groups excluding carboxylic acids is 1. The normalized spacial score (nSPS) is 21.8. The average Bonchev–Trinajstić information content (AvgIpc) is 2.89. The molecule has 0 heterocycles. The van der Waals surface area contributed by atoms with Crippen LogP contribution in [-0.4, -0.2) is 17.0 Å². The largest absolute Gasteiger partial charge is 0.481 e. The lowest BCUT2D eigenvalue weighted by atomic mass is 10.0. The van der Waals surface area contributed by atoms with Crippen LogP contribution in [-0.2, 0) is 9.59 Å². The molecule has 20 heavy (non-hydrogen) atoms. The standard InChI is InChI=1S/C13H12F3NO3/c14-8-3-4-9(11(16)10(8)15)17-12(18)6-1-2-7(5-6)13(19)20/h3-4,6-7H,1-2,5H2,(H,17,18)(H,19,20). The zero-order valence-corrected chi connectivity index (χ0v) is 10.3. The summed E-state index contributed by atoms with van der Waals surface area (Å²) in [6, 6.07) is 1.64. The lowest BCUT2D eigenvalue weighted by molar-refractivity contribution is -0.141. The molecular formula is C13H12F3NO3. The van der Waals surface area contributed by atoms with Crippen LogP contribution in [0.15, 0.2) is 12.1 Å². The van der Waals surface area contributed by atoms with Gasteiger partial charge < -0.3 is 10.4 Å². The molecule has 1 aliphatic carbocycles. The summed E-state index contributed by atoms with van der Waals surface area (Å²) in [4.78, 5) is 22.6. The molecule has 1 aromatic rings. The number of halogens is 3. The number of amides is 1. The first-order valence-electron chi connectivity index (χ1n) is 6.07. The summed E-state index contributed by atoms with van der Waals surface area (Å²) in [5.41, 5.74) is -0.451. The summed E-state index contributed by atoms with van der Waals surface area (Å²) in [6.07, 6.45) is 0.897. The van der Waals surface area contributed by atoms with E-state index in [-0.39, 0.29) is 6.42 Å². The van der Waals surface area contributed by atoms with Gasteiger partial charge in [0.05, 0.1) is 11.6 Å². The van der Waals surface area contributed by atoms with Crippen LogP contribution in [0.25, 0.3) is 0 Å². The molecule has 108 valence electrons. The topological polar surface area (TPSA) is 66.4 Å². The van der Waals surface area contributed by atoms with Gasteiger partial charge in [-0.1, -0.05) is 0 Å². The summed E-state index contributed by atoms with van der Waals surface area (Å²) >= 11 is 0. The van der Waals surface area contributed by atoms with Gasteiger partial charge in [-0.25, -0.2) is 13.2 Å². The molecule has 2 rings (SSSR count). The van der Waals surface area contributed by atoms with Crippen molar-refractivity contribution in [1.29, 1.82) is 0 Å². The molecule has 0 radical (unpaired) electrons. The molecule has 1 fully saturated rings. The van der Waals surface area contributed by atoms with E-state index in [0.717, 1.165) is 6.07 Å². The van der Waals surface area contributed by atoms with Crippen LogP contribution in [0.3, 0.4) is 0 Å². The maximum absolute atomic E-state index is 13.4. The van der Waals surface area contributed by atoms with Crippen molar-refractivity contribution in [2.24, 2.45) is 11.8 Å². The third-order valence-electron chi connectivity index (χ3n) is 3.45. The lowest BCUT2D eigenvalue weighted by Crippen LogP contribution is -2.22. The van der Waals surface area contributed by atoms with Gasteiger partial charge in [-0.05, 0) is 31.4 Å². The van der Waals surface area contributed by atoms with Gasteiger partial charge in [0.2, 0.25) is 5.91 Å². The van der Waals surface area contributed by atoms with E-state index in [1.165, 1.54) is 0 Å². The number of nitrogens with one attached hydrogen (secondary N) is 1. The van der Waals surface area contributed by atoms with Crippen LogP contribution >= 0.6 is 0 Å². The molecule has 0 aliphatic heterocycles. The first-order chi connectivity index (χ1) is 9.40. The van der Waals surface area contributed by atoms with Crippen molar-refractivity contribution in [2.45, 2.75) is 19.3 Å². The molecular weight excluding hydrogens is 275 g/mol. The van der Waals surface area contributed by atoms with Crippen LogP contribution in [0.5, 0.6) is 0 Å². The Morgan fingerprint density at radius 1 is 1.10 bits per heavy atom. The Morgan fingerprint density at radius 3 is 2.35 bits per heavy atom. The molecule has 1 saturated carbocycles. The minimum absolute atomic E-state index is 0.159. The molecule has 1 amide bonds. The second kappa shape index (κ2) is 5.52. The molecule has 1 aromatic carbocycles. The number of rotatable bonds is 3. The van der Waals surface area contributed by atoms with E-state index in [9.17, 15) is 22.8 Å². The molecule has 0 aromatic heterocycles. The van der Waals surface area contributed by atoms with E-state index >= 15 is 0 Å². The van der Waals surface area contributed by atoms with E-state index in [2.05, 4.69) is 5.32 Å². The van der Waals surface area contributed by atoms with Crippen molar-refractivity contribution >= 4 is 17.6 Å². The molecule has 0 saturated heterocycles. The van der Waals surface area contributed by atoms with Gasteiger partial charge in [0, 0.05) is 5.92 Å². The van der Waals surface area contributed by atoms with Gasteiger partial charge >= 0.3 is 5.97 Å². The number of aliphatic carboxylic acids is 1. The zero-order chi connectivity index (χ0) is 14.9. The summed E-state index contributed by atoms with van der Waals surface area (Å²) in [5.74, 6) is -7.18. The highest BCUT2D eigenvalue weighted by Gasteiger charge is 2.34. The Kier molecular flexibility index (Phi) is 3.96. The molecule has 2 atom stereocenters. The van der Waals surface area contributed by atoms with Crippen molar-refractivity contribution in [2.75, 3.05) is 5.32 Å². The molecule has 7 heteroatoms. The number of hydrogen-bond donors (Lipinski definition) is 2. The minimum Gasteiger partial charge on any atom is -0.481 e. The number of carbonyl (C=O) groups is 2. The molecule has 2 N–H and O–H groups in total. The zero-order valence-electron chi connectivity index (χ0n) is 10.3. The van der Waals surface area contributed by atoms with E-state index in [0.29, 0.717) is 18.9 Å². The summed E-state index contributed by atoms with van der Waals surface area (Å²) < 4.78 is 39.1. The number of anilines is 1. The van der Waals surface area contributed by atoms with Crippen molar-refractivity contribution < 1.29 is 27.9 Å². The SMILES string of the molecule is O=C(O)C1CCC(C(=O)Nc2ccc(F)c(F)c2F)C1. The van der Waals surface area contributed by atoms with Gasteiger partial charge in [0.1, 0.15) is 0 Å². The third kappa shape index (κ3) is 2.76. The lowest BCUT2D eigenvalue weighted by Gasteiger charge is -2.11. The fourth-order valence-corrected chi connectivity index (χ4v) is 2.30. The van der Waals surface area contributed by atoms with Crippen molar-refractivity contribution in [3.63, 3.8) is 0 Å². The molecule has 1 aliphatic rings. The van der Waals surface area contributed by atoms with Gasteiger partial charge in [-0.3, -0.25) is 9.59 Å². The Bertz CT molecular complexity index is 562. The second-order valence-electron chi connectivity index (χ2n) is 4.76. The number of carboxylic acids is 1. The van der Waals surface area contributed by atoms with E-state index in [1.54, 1.807) is 0 Å². The number of carboxylic acid groups (broad SMARTS) is 1. The van der Waals surface area contributed by atoms with Crippen LogP contribution in [0, 0.1) is 29.3 Å². The second-order valence-corrected chi connectivity index (χ2v) is 4.76. The monoisotopic (exact) mass is 287 g/mol. The van der Waals surface area contributed by atoms with E-state index in [1.807, 2.05) is 0 Å². The quantitative estimate of drug-likeness (QED) is 0.840. The van der Waals surface area contributed by atoms with Crippen molar-refractivity contribution in [3.8, 4) is 0 Å². The van der Waals surface area contributed by atoms with Crippen LogP contribution < -0.4 is 5.32 Å². The summed E-state index contributed by atoms with van der Waals surface area (Å²) in [6.45, 7) is 0. The minimum atomic E-state index is -1.65. The van der Waals surface area contributed by atoms with E-state index in [4.69, 9.17) is 5.11 Å². The molecule has 0 spiro atoms.